The van der Waals surface area contributed by atoms with Gasteiger partial charge in [-0.05, 0) is 51.8 Å². The summed E-state index contributed by atoms with van der Waals surface area (Å²) in [6.07, 6.45) is 1.15. The predicted molar refractivity (Wildman–Crippen MR) is 86.8 cm³/mol. The zero-order valence-electron chi connectivity index (χ0n) is 13.9. The Bertz CT molecular complexity index is 796. The zero-order valence-corrected chi connectivity index (χ0v) is 13.9. The van der Waals surface area contributed by atoms with E-state index >= 15 is 0 Å². The molecule has 0 radical (unpaired) electrons. The summed E-state index contributed by atoms with van der Waals surface area (Å²) in [6.45, 7) is 6.36. The highest BCUT2D eigenvalue weighted by molar-refractivity contribution is 5.91. The average molecular weight is 334 g/mol. The molecule has 0 unspecified atom stereocenters. The number of benzene rings is 1. The molecule has 1 aliphatic rings. The van der Waals surface area contributed by atoms with Gasteiger partial charge in [0.15, 0.2) is 0 Å². The van der Waals surface area contributed by atoms with Crippen LogP contribution in [0.1, 0.15) is 36.7 Å². The zero-order chi connectivity index (χ0) is 17.5. The van der Waals surface area contributed by atoms with Crippen LogP contribution in [-0.2, 0) is 12.1 Å². The SMILES string of the molecule is CCn1nc(C)c(NC(=O)NC2(c3cc(F)ccc3F)CC2)c1C. The summed E-state index contributed by atoms with van der Waals surface area (Å²) in [7, 11) is 0. The van der Waals surface area contributed by atoms with Crippen molar-refractivity contribution in [3.05, 3.63) is 46.8 Å². The average Bonchev–Trinajstić information content (AvgIpc) is 3.26. The number of nitrogens with one attached hydrogen (secondary N) is 2. The minimum absolute atomic E-state index is 0.190. The molecule has 0 aliphatic heterocycles. The van der Waals surface area contributed by atoms with Gasteiger partial charge in [-0.15, -0.1) is 0 Å². The quantitative estimate of drug-likeness (QED) is 0.897. The minimum atomic E-state index is -0.834. The summed E-state index contributed by atoms with van der Waals surface area (Å²) in [5, 5.41) is 9.91. The number of carbonyl (C=O) groups excluding carboxylic acids is 1. The van der Waals surface area contributed by atoms with E-state index in [4.69, 9.17) is 0 Å². The van der Waals surface area contributed by atoms with Crippen LogP contribution in [0, 0.1) is 25.5 Å². The van der Waals surface area contributed by atoms with E-state index in [9.17, 15) is 13.6 Å². The van der Waals surface area contributed by atoms with Crippen molar-refractivity contribution in [3.63, 3.8) is 0 Å². The lowest BCUT2D eigenvalue weighted by Gasteiger charge is -2.19. The van der Waals surface area contributed by atoms with E-state index in [1.165, 1.54) is 0 Å². The van der Waals surface area contributed by atoms with Crippen molar-refractivity contribution in [2.24, 2.45) is 0 Å². The lowest BCUT2D eigenvalue weighted by molar-refractivity contribution is 0.247. The Morgan fingerprint density at radius 2 is 2.04 bits per heavy atom. The molecule has 1 heterocycles. The Morgan fingerprint density at radius 1 is 1.33 bits per heavy atom. The normalized spacial score (nSPS) is 15.2. The molecule has 1 aliphatic carbocycles. The topological polar surface area (TPSA) is 59.0 Å². The van der Waals surface area contributed by atoms with E-state index in [2.05, 4.69) is 15.7 Å². The monoisotopic (exact) mass is 334 g/mol. The maximum Gasteiger partial charge on any atom is 0.320 e. The second-order valence-corrected chi connectivity index (χ2v) is 6.15. The van der Waals surface area contributed by atoms with Gasteiger partial charge in [-0.3, -0.25) is 4.68 Å². The van der Waals surface area contributed by atoms with Crippen molar-refractivity contribution < 1.29 is 13.6 Å². The third kappa shape index (κ3) is 2.86. The molecule has 2 N–H and O–H groups in total. The molecule has 1 aromatic carbocycles. The van der Waals surface area contributed by atoms with E-state index in [0.717, 1.165) is 23.9 Å². The highest BCUT2D eigenvalue weighted by Gasteiger charge is 2.47. The minimum Gasteiger partial charge on any atom is -0.328 e. The number of hydrogen-bond donors (Lipinski definition) is 2. The molecule has 1 aromatic heterocycles. The summed E-state index contributed by atoms with van der Waals surface area (Å²) in [5.74, 6) is -1.03. The fourth-order valence-corrected chi connectivity index (χ4v) is 3.00. The van der Waals surface area contributed by atoms with Gasteiger partial charge in [0.1, 0.15) is 11.6 Å². The van der Waals surface area contributed by atoms with Crippen molar-refractivity contribution in [3.8, 4) is 0 Å². The summed E-state index contributed by atoms with van der Waals surface area (Å²) in [4.78, 5) is 12.4. The molecule has 128 valence electrons. The fraction of sp³-hybridized carbons (Fsp3) is 0.412. The van der Waals surface area contributed by atoms with Crippen LogP contribution in [0.15, 0.2) is 18.2 Å². The number of aryl methyl sites for hydroxylation is 2. The Morgan fingerprint density at radius 3 is 2.62 bits per heavy atom. The summed E-state index contributed by atoms with van der Waals surface area (Å²) >= 11 is 0. The molecule has 3 rings (SSSR count). The third-order valence-corrected chi connectivity index (χ3v) is 4.47. The number of carbonyl (C=O) groups is 1. The largest absolute Gasteiger partial charge is 0.328 e. The second-order valence-electron chi connectivity index (χ2n) is 6.15. The molecule has 2 aromatic rings. The molecule has 7 heteroatoms. The van der Waals surface area contributed by atoms with E-state index in [0.29, 0.717) is 30.8 Å². The van der Waals surface area contributed by atoms with Crippen LogP contribution in [0.4, 0.5) is 19.3 Å². The molecule has 0 bridgehead atoms. The van der Waals surface area contributed by atoms with E-state index in [1.807, 2.05) is 20.8 Å². The molecule has 0 saturated heterocycles. The van der Waals surface area contributed by atoms with Crippen LogP contribution < -0.4 is 10.6 Å². The number of rotatable bonds is 4. The van der Waals surface area contributed by atoms with E-state index < -0.39 is 23.2 Å². The Kier molecular flexibility index (Phi) is 4.03. The van der Waals surface area contributed by atoms with Gasteiger partial charge in [0, 0.05) is 12.1 Å². The van der Waals surface area contributed by atoms with Crippen molar-refractivity contribution in [2.45, 2.75) is 45.7 Å². The molecule has 2 amide bonds. The third-order valence-electron chi connectivity index (χ3n) is 4.47. The first kappa shape index (κ1) is 16.4. The lowest BCUT2D eigenvalue weighted by atomic mass is 10.0. The number of hydrogen-bond acceptors (Lipinski definition) is 2. The summed E-state index contributed by atoms with van der Waals surface area (Å²) in [6, 6.07) is 2.86. The van der Waals surface area contributed by atoms with Gasteiger partial charge >= 0.3 is 6.03 Å². The molecule has 0 spiro atoms. The lowest BCUT2D eigenvalue weighted by Crippen LogP contribution is -2.38. The van der Waals surface area contributed by atoms with Crippen molar-refractivity contribution in [2.75, 3.05) is 5.32 Å². The smallest absolute Gasteiger partial charge is 0.320 e. The maximum absolute atomic E-state index is 14.0. The standard InChI is InChI=1S/C17H20F2N4O/c1-4-23-11(3)15(10(2)22-23)20-16(24)21-17(7-8-17)13-9-12(18)5-6-14(13)19/h5-6,9H,4,7-8H2,1-3H3,(H2,20,21,24). The van der Waals surface area contributed by atoms with Gasteiger partial charge < -0.3 is 10.6 Å². The Hall–Kier alpha value is -2.44. The second kappa shape index (κ2) is 5.89. The van der Waals surface area contributed by atoms with Gasteiger partial charge in [-0.2, -0.15) is 5.10 Å². The molecule has 0 atom stereocenters. The summed E-state index contributed by atoms with van der Waals surface area (Å²) in [5.41, 5.74) is 1.57. The first-order valence-corrected chi connectivity index (χ1v) is 7.95. The maximum atomic E-state index is 14.0. The number of aromatic nitrogens is 2. The number of halogens is 2. The highest BCUT2D eigenvalue weighted by atomic mass is 19.1. The van der Waals surface area contributed by atoms with Crippen molar-refractivity contribution >= 4 is 11.7 Å². The van der Waals surface area contributed by atoms with E-state index in [-0.39, 0.29) is 5.56 Å². The first-order valence-electron chi connectivity index (χ1n) is 7.95. The predicted octanol–water partition coefficient (Wildman–Crippen LogP) is 3.61. The number of urea groups is 1. The molecular weight excluding hydrogens is 314 g/mol. The number of amides is 2. The molecular formula is C17H20F2N4O. The van der Waals surface area contributed by atoms with Gasteiger partial charge in [-0.25, -0.2) is 13.6 Å². The van der Waals surface area contributed by atoms with Crippen LogP contribution >= 0.6 is 0 Å². The summed E-state index contributed by atoms with van der Waals surface area (Å²) < 4.78 is 29.2. The molecule has 1 saturated carbocycles. The van der Waals surface area contributed by atoms with Crippen molar-refractivity contribution in [1.82, 2.24) is 15.1 Å². The highest BCUT2D eigenvalue weighted by Crippen LogP contribution is 2.46. The Balaban J connectivity index is 1.78. The molecule has 1 fully saturated rings. The van der Waals surface area contributed by atoms with Gasteiger partial charge in [0.25, 0.3) is 0 Å². The van der Waals surface area contributed by atoms with Crippen LogP contribution in [0.2, 0.25) is 0 Å². The fourth-order valence-electron chi connectivity index (χ4n) is 3.00. The first-order chi connectivity index (χ1) is 11.4. The van der Waals surface area contributed by atoms with Crippen LogP contribution in [0.25, 0.3) is 0 Å². The van der Waals surface area contributed by atoms with Crippen LogP contribution in [-0.4, -0.2) is 15.8 Å². The number of nitrogens with zero attached hydrogens (tertiary/aromatic N) is 2. The van der Waals surface area contributed by atoms with E-state index in [1.54, 1.807) is 4.68 Å². The van der Waals surface area contributed by atoms with Crippen molar-refractivity contribution in [1.29, 1.82) is 0 Å². The number of anilines is 1. The van der Waals surface area contributed by atoms with Crippen LogP contribution in [0.3, 0.4) is 0 Å². The van der Waals surface area contributed by atoms with Gasteiger partial charge in [0.05, 0.1) is 22.6 Å². The Labute approximate surface area is 139 Å². The molecule has 24 heavy (non-hydrogen) atoms. The molecule has 5 nitrogen and oxygen atoms in total. The van der Waals surface area contributed by atoms with Gasteiger partial charge in [0.2, 0.25) is 0 Å². The van der Waals surface area contributed by atoms with Gasteiger partial charge in [-0.1, -0.05) is 0 Å². The van der Waals surface area contributed by atoms with Crippen LogP contribution in [0.5, 0.6) is 0 Å².